The number of carbonyl (C=O) groups excluding carboxylic acids is 1. The number of esters is 1. The van der Waals surface area contributed by atoms with Crippen LogP contribution in [-0.4, -0.2) is 26.2 Å². The molecule has 0 amide bonds. The van der Waals surface area contributed by atoms with Crippen LogP contribution in [0.4, 0.5) is 0 Å². The van der Waals surface area contributed by atoms with Crippen molar-refractivity contribution < 1.29 is 14.3 Å². The van der Waals surface area contributed by atoms with Gasteiger partial charge in [0, 0.05) is 6.54 Å². The number of ether oxygens (including phenoxy) is 2. The van der Waals surface area contributed by atoms with Crippen molar-refractivity contribution in [2.75, 3.05) is 20.3 Å². The fraction of sp³-hybridized carbons (Fsp3) is 0.500. The quantitative estimate of drug-likeness (QED) is 0.348. The Balaban J connectivity index is 2.84. The molecule has 0 saturated carbocycles. The van der Waals surface area contributed by atoms with Crippen molar-refractivity contribution in [1.29, 1.82) is 5.26 Å². The maximum absolute atomic E-state index is 11.0. The first-order chi connectivity index (χ1) is 6.29. The van der Waals surface area contributed by atoms with Gasteiger partial charge in [0.05, 0.1) is 13.7 Å². The third kappa shape index (κ3) is 2.12. The van der Waals surface area contributed by atoms with Crippen LogP contribution in [0.1, 0.15) is 6.42 Å². The molecule has 0 bridgehead atoms. The Morgan fingerprint density at radius 3 is 3.00 bits per heavy atom. The van der Waals surface area contributed by atoms with Gasteiger partial charge in [0.2, 0.25) is 5.88 Å². The van der Waals surface area contributed by atoms with Crippen molar-refractivity contribution in [1.82, 2.24) is 5.32 Å². The first kappa shape index (κ1) is 9.39. The molecule has 70 valence electrons. The van der Waals surface area contributed by atoms with E-state index >= 15 is 0 Å². The van der Waals surface area contributed by atoms with Gasteiger partial charge in [-0.05, 0) is 6.42 Å². The Morgan fingerprint density at radius 1 is 1.77 bits per heavy atom. The molecule has 0 unspecified atom stereocenters. The monoisotopic (exact) mass is 182 g/mol. The summed E-state index contributed by atoms with van der Waals surface area (Å²) in [5, 5.41) is 11.5. The molecule has 13 heavy (non-hydrogen) atoms. The zero-order valence-electron chi connectivity index (χ0n) is 7.29. The van der Waals surface area contributed by atoms with E-state index in [4.69, 9.17) is 10.00 Å². The predicted molar refractivity (Wildman–Crippen MR) is 43.2 cm³/mol. The van der Waals surface area contributed by atoms with Crippen molar-refractivity contribution in [2.24, 2.45) is 0 Å². The van der Waals surface area contributed by atoms with Gasteiger partial charge in [-0.2, -0.15) is 5.26 Å². The van der Waals surface area contributed by atoms with Crippen molar-refractivity contribution in [3.05, 3.63) is 11.5 Å². The highest BCUT2D eigenvalue weighted by Gasteiger charge is 2.19. The Bertz CT molecular complexity index is 270. The van der Waals surface area contributed by atoms with Gasteiger partial charge in [-0.15, -0.1) is 0 Å². The largest absolute Gasteiger partial charge is 0.478 e. The molecule has 1 aliphatic rings. The predicted octanol–water partition coefficient (Wildman–Crippen LogP) is -0.0955. The number of nitrogens with zero attached hydrogens (tertiary/aromatic N) is 1. The van der Waals surface area contributed by atoms with E-state index in [-0.39, 0.29) is 11.5 Å². The van der Waals surface area contributed by atoms with Crippen LogP contribution in [0.5, 0.6) is 0 Å². The van der Waals surface area contributed by atoms with E-state index in [1.54, 1.807) is 6.07 Å². The van der Waals surface area contributed by atoms with Crippen LogP contribution in [-0.2, 0) is 14.3 Å². The number of hydrogen-bond acceptors (Lipinski definition) is 5. The van der Waals surface area contributed by atoms with Gasteiger partial charge in [0.15, 0.2) is 5.57 Å². The standard InChI is InChI=1S/C8H10N2O3/c1-12-8(11)6(5-9)7-10-3-2-4-13-7/h10H,2-4H2,1H3/b7-6+. The van der Waals surface area contributed by atoms with Crippen molar-refractivity contribution in [3.63, 3.8) is 0 Å². The molecule has 0 aromatic heterocycles. The second-order valence-electron chi connectivity index (χ2n) is 2.44. The molecular formula is C8H10N2O3. The number of carbonyl (C=O) groups is 1. The number of nitriles is 1. The Morgan fingerprint density at radius 2 is 2.54 bits per heavy atom. The SMILES string of the molecule is COC(=O)/C(C#N)=C1\NCCCO1. The summed E-state index contributed by atoms with van der Waals surface area (Å²) in [5.41, 5.74) is -0.109. The maximum Gasteiger partial charge on any atom is 0.354 e. The third-order valence-electron chi connectivity index (χ3n) is 1.58. The summed E-state index contributed by atoms with van der Waals surface area (Å²) >= 11 is 0. The molecular weight excluding hydrogens is 172 g/mol. The lowest BCUT2D eigenvalue weighted by Gasteiger charge is -2.18. The van der Waals surface area contributed by atoms with Crippen LogP contribution in [0.2, 0.25) is 0 Å². The lowest BCUT2D eigenvalue weighted by molar-refractivity contribution is -0.136. The van der Waals surface area contributed by atoms with Crippen molar-refractivity contribution >= 4 is 5.97 Å². The average Bonchev–Trinajstić information content (AvgIpc) is 2.20. The Labute approximate surface area is 75.9 Å². The number of rotatable bonds is 1. The van der Waals surface area contributed by atoms with Gasteiger partial charge in [-0.25, -0.2) is 4.79 Å². The number of nitrogens with one attached hydrogen (secondary N) is 1. The van der Waals surface area contributed by atoms with Gasteiger partial charge >= 0.3 is 5.97 Å². The van der Waals surface area contributed by atoms with E-state index in [0.29, 0.717) is 13.2 Å². The van der Waals surface area contributed by atoms with Crippen LogP contribution in [0.3, 0.4) is 0 Å². The minimum atomic E-state index is -0.674. The lowest BCUT2D eigenvalue weighted by Crippen LogP contribution is -2.27. The molecule has 1 N–H and O–H groups in total. The molecule has 1 aliphatic heterocycles. The molecule has 5 nitrogen and oxygen atoms in total. The molecule has 0 radical (unpaired) electrons. The zero-order chi connectivity index (χ0) is 9.68. The molecule has 0 aromatic carbocycles. The van der Waals surface area contributed by atoms with E-state index in [0.717, 1.165) is 6.42 Å². The van der Waals surface area contributed by atoms with Gasteiger partial charge in [0.25, 0.3) is 0 Å². The second kappa shape index (κ2) is 4.36. The molecule has 0 atom stereocenters. The summed E-state index contributed by atoms with van der Waals surface area (Å²) < 4.78 is 9.52. The molecule has 1 saturated heterocycles. The molecule has 0 aromatic rings. The van der Waals surface area contributed by atoms with E-state index in [9.17, 15) is 4.79 Å². The summed E-state index contributed by atoms with van der Waals surface area (Å²) in [4.78, 5) is 11.0. The summed E-state index contributed by atoms with van der Waals surface area (Å²) in [6.45, 7) is 1.22. The fourth-order valence-corrected chi connectivity index (χ4v) is 0.951. The molecule has 1 fully saturated rings. The van der Waals surface area contributed by atoms with Crippen molar-refractivity contribution in [2.45, 2.75) is 6.42 Å². The average molecular weight is 182 g/mol. The van der Waals surface area contributed by atoms with Gasteiger partial charge in [-0.3, -0.25) is 0 Å². The van der Waals surface area contributed by atoms with Crippen LogP contribution in [0.25, 0.3) is 0 Å². The minimum Gasteiger partial charge on any atom is -0.478 e. The zero-order valence-corrected chi connectivity index (χ0v) is 7.29. The van der Waals surface area contributed by atoms with Crippen LogP contribution < -0.4 is 5.32 Å². The smallest absolute Gasteiger partial charge is 0.354 e. The third-order valence-corrected chi connectivity index (χ3v) is 1.58. The Hall–Kier alpha value is -1.70. The maximum atomic E-state index is 11.0. The summed E-state index contributed by atoms with van der Waals surface area (Å²) in [6, 6.07) is 1.74. The van der Waals surface area contributed by atoms with Crippen molar-refractivity contribution in [3.8, 4) is 6.07 Å². The van der Waals surface area contributed by atoms with Crippen LogP contribution >= 0.6 is 0 Å². The number of hydrogen-bond donors (Lipinski definition) is 1. The molecule has 5 heteroatoms. The summed E-state index contributed by atoms with van der Waals surface area (Å²) in [7, 11) is 1.23. The number of methoxy groups -OCH3 is 1. The topological polar surface area (TPSA) is 71.4 Å². The van der Waals surface area contributed by atoms with E-state index in [1.165, 1.54) is 7.11 Å². The van der Waals surface area contributed by atoms with E-state index < -0.39 is 5.97 Å². The molecule has 0 spiro atoms. The highest BCUT2D eigenvalue weighted by Crippen LogP contribution is 2.08. The summed E-state index contributed by atoms with van der Waals surface area (Å²) in [5.74, 6) is -0.451. The first-order valence-corrected chi connectivity index (χ1v) is 3.89. The first-order valence-electron chi connectivity index (χ1n) is 3.89. The van der Waals surface area contributed by atoms with Gasteiger partial charge in [-0.1, -0.05) is 0 Å². The Kier molecular flexibility index (Phi) is 3.15. The molecule has 1 heterocycles. The highest BCUT2D eigenvalue weighted by atomic mass is 16.5. The van der Waals surface area contributed by atoms with Crippen LogP contribution in [0.15, 0.2) is 11.5 Å². The fourth-order valence-electron chi connectivity index (χ4n) is 0.951. The minimum absolute atomic E-state index is 0.109. The second-order valence-corrected chi connectivity index (χ2v) is 2.44. The molecule has 0 aliphatic carbocycles. The van der Waals surface area contributed by atoms with Gasteiger partial charge in [0.1, 0.15) is 6.07 Å². The highest BCUT2D eigenvalue weighted by molar-refractivity contribution is 5.93. The molecule has 1 rings (SSSR count). The normalized spacial score (nSPS) is 19.1. The van der Waals surface area contributed by atoms with E-state index in [1.807, 2.05) is 0 Å². The van der Waals surface area contributed by atoms with E-state index in [2.05, 4.69) is 10.1 Å². The summed E-state index contributed by atoms with van der Waals surface area (Å²) in [6.07, 6.45) is 0.864. The van der Waals surface area contributed by atoms with Crippen LogP contribution in [0, 0.1) is 11.3 Å². The van der Waals surface area contributed by atoms with Gasteiger partial charge < -0.3 is 14.8 Å². The lowest BCUT2D eigenvalue weighted by atomic mass is 10.3.